The molecular formula is C15H20N4O2. The van der Waals surface area contributed by atoms with Gasteiger partial charge < -0.3 is 9.09 Å². The molecule has 1 N–H and O–H groups in total. The van der Waals surface area contributed by atoms with Crippen LogP contribution in [-0.2, 0) is 19.4 Å². The molecule has 1 aliphatic rings. The highest BCUT2D eigenvalue weighted by Crippen LogP contribution is 2.24. The highest BCUT2D eigenvalue weighted by Gasteiger charge is 2.24. The molecule has 0 fully saturated rings. The van der Waals surface area contributed by atoms with E-state index in [2.05, 4.69) is 29.3 Å². The average molecular weight is 288 g/mol. The number of hydrogen-bond acceptors (Lipinski definition) is 4. The van der Waals surface area contributed by atoms with Gasteiger partial charge in [-0.1, -0.05) is 19.0 Å². The summed E-state index contributed by atoms with van der Waals surface area (Å²) in [6, 6.07) is 0. The summed E-state index contributed by atoms with van der Waals surface area (Å²) in [4.78, 5) is 16.6. The Bertz CT molecular complexity index is 642. The van der Waals surface area contributed by atoms with Crippen molar-refractivity contribution in [3.05, 3.63) is 29.4 Å². The molecule has 1 amide bonds. The van der Waals surface area contributed by atoms with Crippen LogP contribution in [0.5, 0.6) is 0 Å². The van der Waals surface area contributed by atoms with Gasteiger partial charge in [0.2, 0.25) is 5.95 Å². The highest BCUT2D eigenvalue weighted by molar-refractivity contribution is 6.03. The van der Waals surface area contributed by atoms with Crippen molar-refractivity contribution < 1.29 is 9.32 Å². The number of carbonyl (C=O) groups is 1. The first-order valence-electron chi connectivity index (χ1n) is 7.45. The lowest BCUT2D eigenvalue weighted by Gasteiger charge is -2.11. The molecule has 0 radical (unpaired) electrons. The fourth-order valence-electron chi connectivity index (χ4n) is 2.70. The van der Waals surface area contributed by atoms with Crippen molar-refractivity contribution in [2.45, 2.75) is 46.1 Å². The summed E-state index contributed by atoms with van der Waals surface area (Å²) >= 11 is 0. The van der Waals surface area contributed by atoms with Crippen molar-refractivity contribution in [3.63, 3.8) is 0 Å². The minimum absolute atomic E-state index is 0.238. The summed E-state index contributed by atoms with van der Waals surface area (Å²) in [5.41, 5.74) is 1.37. The molecule has 0 aliphatic heterocycles. The molecule has 0 saturated carbocycles. The van der Waals surface area contributed by atoms with E-state index in [0.717, 1.165) is 43.6 Å². The first-order chi connectivity index (χ1) is 10.1. The van der Waals surface area contributed by atoms with Crippen molar-refractivity contribution in [1.29, 1.82) is 0 Å². The number of aromatic nitrogens is 3. The quantitative estimate of drug-likeness (QED) is 0.938. The number of carbonyl (C=O) groups excluding carboxylic acids is 1. The number of aryl methyl sites for hydroxylation is 1. The van der Waals surface area contributed by atoms with E-state index in [-0.39, 0.29) is 5.91 Å². The topological polar surface area (TPSA) is 73.0 Å². The SMILES string of the molecule is CC(C)Cn1ccnc1NC(=O)c1noc2c1CCCC2. The van der Waals surface area contributed by atoms with Crippen LogP contribution in [0.1, 0.15) is 48.5 Å². The number of nitrogens with zero attached hydrogens (tertiary/aromatic N) is 3. The zero-order valence-corrected chi connectivity index (χ0v) is 12.4. The van der Waals surface area contributed by atoms with E-state index in [9.17, 15) is 4.79 Å². The van der Waals surface area contributed by atoms with Crippen molar-refractivity contribution in [2.75, 3.05) is 5.32 Å². The lowest BCUT2D eigenvalue weighted by atomic mass is 9.96. The normalized spacial score (nSPS) is 14.2. The summed E-state index contributed by atoms with van der Waals surface area (Å²) in [6.45, 7) is 5.06. The third-order valence-corrected chi connectivity index (χ3v) is 3.67. The Morgan fingerprint density at radius 3 is 3.05 bits per heavy atom. The third kappa shape index (κ3) is 2.84. The van der Waals surface area contributed by atoms with E-state index in [1.165, 1.54) is 0 Å². The van der Waals surface area contributed by atoms with Gasteiger partial charge in [-0.25, -0.2) is 4.98 Å². The molecule has 112 valence electrons. The Balaban J connectivity index is 1.78. The fourth-order valence-corrected chi connectivity index (χ4v) is 2.70. The minimum Gasteiger partial charge on any atom is -0.360 e. The van der Waals surface area contributed by atoms with E-state index in [4.69, 9.17) is 4.52 Å². The molecule has 2 heterocycles. The van der Waals surface area contributed by atoms with Crippen LogP contribution in [0.2, 0.25) is 0 Å². The van der Waals surface area contributed by atoms with E-state index in [1.54, 1.807) is 6.20 Å². The van der Waals surface area contributed by atoms with Crippen LogP contribution in [0.4, 0.5) is 5.95 Å². The number of fused-ring (bicyclic) bond motifs is 1. The molecule has 0 aromatic carbocycles. The molecule has 0 atom stereocenters. The number of nitrogens with one attached hydrogen (secondary N) is 1. The van der Waals surface area contributed by atoms with Gasteiger partial charge in [-0.05, 0) is 25.2 Å². The van der Waals surface area contributed by atoms with Crippen molar-refractivity contribution in [2.24, 2.45) is 5.92 Å². The Morgan fingerprint density at radius 2 is 2.24 bits per heavy atom. The Kier molecular flexibility index (Phi) is 3.77. The lowest BCUT2D eigenvalue weighted by Crippen LogP contribution is -2.19. The van der Waals surface area contributed by atoms with Crippen LogP contribution < -0.4 is 5.32 Å². The largest absolute Gasteiger partial charge is 0.360 e. The zero-order chi connectivity index (χ0) is 14.8. The molecule has 2 aromatic rings. The molecule has 0 unspecified atom stereocenters. The summed E-state index contributed by atoms with van der Waals surface area (Å²) in [5, 5.41) is 6.78. The molecule has 0 saturated heterocycles. The first kappa shape index (κ1) is 13.9. The smallest absolute Gasteiger partial charge is 0.280 e. The fraction of sp³-hybridized carbons (Fsp3) is 0.533. The Morgan fingerprint density at radius 1 is 1.43 bits per heavy atom. The predicted molar refractivity (Wildman–Crippen MR) is 78.2 cm³/mol. The summed E-state index contributed by atoms with van der Waals surface area (Å²) in [6.07, 6.45) is 7.47. The molecule has 6 heteroatoms. The van der Waals surface area contributed by atoms with Crippen LogP contribution in [-0.4, -0.2) is 20.6 Å². The Hall–Kier alpha value is -2.11. The number of amides is 1. The highest BCUT2D eigenvalue weighted by atomic mass is 16.5. The lowest BCUT2D eigenvalue weighted by molar-refractivity contribution is 0.101. The average Bonchev–Trinajstić information content (AvgIpc) is 3.05. The first-order valence-corrected chi connectivity index (χ1v) is 7.45. The van der Waals surface area contributed by atoms with Crippen LogP contribution in [0.25, 0.3) is 0 Å². The molecular weight excluding hydrogens is 268 g/mol. The molecule has 6 nitrogen and oxygen atoms in total. The maximum absolute atomic E-state index is 12.4. The zero-order valence-electron chi connectivity index (χ0n) is 12.4. The number of hydrogen-bond donors (Lipinski definition) is 1. The van der Waals surface area contributed by atoms with Crippen molar-refractivity contribution >= 4 is 11.9 Å². The van der Waals surface area contributed by atoms with Crippen molar-refractivity contribution in [3.8, 4) is 0 Å². The van der Waals surface area contributed by atoms with Crippen LogP contribution in [0.15, 0.2) is 16.9 Å². The Labute approximate surface area is 123 Å². The van der Waals surface area contributed by atoms with E-state index in [1.807, 2.05) is 10.8 Å². The van der Waals surface area contributed by atoms with Gasteiger partial charge in [0, 0.05) is 30.9 Å². The van der Waals surface area contributed by atoms with Gasteiger partial charge in [-0.15, -0.1) is 0 Å². The van der Waals surface area contributed by atoms with E-state index in [0.29, 0.717) is 17.6 Å². The van der Waals surface area contributed by atoms with Gasteiger partial charge in [0.1, 0.15) is 5.76 Å². The van der Waals surface area contributed by atoms with Crippen molar-refractivity contribution in [1.82, 2.24) is 14.7 Å². The van der Waals surface area contributed by atoms with Crippen LogP contribution >= 0.6 is 0 Å². The molecule has 0 spiro atoms. The van der Waals surface area contributed by atoms with Gasteiger partial charge in [-0.2, -0.15) is 0 Å². The summed E-state index contributed by atoms with van der Waals surface area (Å²) in [7, 11) is 0. The maximum atomic E-state index is 12.4. The van der Waals surface area contributed by atoms with Gasteiger partial charge in [0.15, 0.2) is 5.69 Å². The second-order valence-electron chi connectivity index (χ2n) is 5.89. The number of rotatable bonds is 4. The van der Waals surface area contributed by atoms with E-state index >= 15 is 0 Å². The number of anilines is 1. The molecule has 2 aromatic heterocycles. The van der Waals surface area contributed by atoms with E-state index < -0.39 is 0 Å². The van der Waals surface area contributed by atoms with Gasteiger partial charge in [0.25, 0.3) is 5.91 Å². The minimum atomic E-state index is -0.238. The summed E-state index contributed by atoms with van der Waals surface area (Å²) < 4.78 is 7.22. The predicted octanol–water partition coefficient (Wildman–Crippen LogP) is 2.66. The standard InChI is InChI=1S/C15H20N4O2/c1-10(2)9-19-8-7-16-15(19)17-14(20)13-11-5-3-4-6-12(11)21-18-13/h7-8,10H,3-6,9H2,1-2H3,(H,16,17,20). The van der Waals surface area contributed by atoms with Gasteiger partial charge in [0.05, 0.1) is 0 Å². The second-order valence-corrected chi connectivity index (χ2v) is 5.89. The monoisotopic (exact) mass is 288 g/mol. The molecule has 1 aliphatic carbocycles. The third-order valence-electron chi connectivity index (χ3n) is 3.67. The second kappa shape index (κ2) is 5.71. The summed E-state index contributed by atoms with van der Waals surface area (Å²) in [5.74, 6) is 1.66. The molecule has 21 heavy (non-hydrogen) atoms. The maximum Gasteiger partial charge on any atom is 0.280 e. The molecule has 3 rings (SSSR count). The van der Waals surface area contributed by atoms with Gasteiger partial charge >= 0.3 is 0 Å². The van der Waals surface area contributed by atoms with Crippen LogP contribution in [0, 0.1) is 5.92 Å². The molecule has 0 bridgehead atoms. The number of imidazole rings is 1. The van der Waals surface area contributed by atoms with Gasteiger partial charge in [-0.3, -0.25) is 10.1 Å². The van der Waals surface area contributed by atoms with Crippen LogP contribution in [0.3, 0.4) is 0 Å².